The first-order valence-electron chi connectivity index (χ1n) is 3.60. The van der Waals surface area contributed by atoms with Gasteiger partial charge in [-0.15, -0.1) is 0 Å². The highest BCUT2D eigenvalue weighted by Crippen LogP contribution is 2.08. The van der Waals surface area contributed by atoms with Crippen LogP contribution in [0.3, 0.4) is 0 Å². The molecule has 0 spiro atoms. The number of hydrogen-bond acceptors (Lipinski definition) is 5. The van der Waals surface area contributed by atoms with E-state index in [1.54, 1.807) is 30.3 Å². The molecule has 0 saturated heterocycles. The zero-order valence-electron chi connectivity index (χ0n) is 6.70. The van der Waals surface area contributed by atoms with Crippen LogP contribution in [0.25, 0.3) is 0 Å². The van der Waals surface area contributed by atoms with Crippen molar-refractivity contribution in [2.75, 3.05) is 0 Å². The normalized spacial score (nSPS) is 9.46. The second-order valence-corrected chi connectivity index (χ2v) is 2.20. The Morgan fingerprint density at radius 1 is 1.00 bits per heavy atom. The molecule has 7 heteroatoms. The van der Waals surface area contributed by atoms with E-state index in [1.807, 2.05) is 0 Å². The molecule has 0 unspecified atom stereocenters. The van der Waals surface area contributed by atoms with Gasteiger partial charge in [0, 0.05) is 0 Å². The summed E-state index contributed by atoms with van der Waals surface area (Å²) in [5.74, 6) is 0.371. The minimum Gasteiger partial charge on any atom is -0.513 e. The van der Waals surface area contributed by atoms with Crippen LogP contribution in [0, 0.1) is 0 Å². The van der Waals surface area contributed by atoms with E-state index in [-0.39, 0.29) is 0 Å². The maximum Gasteiger partial charge on any atom is 0.698 e. The summed E-state index contributed by atoms with van der Waals surface area (Å²) < 4.78 is 8.84. The summed E-state index contributed by atoms with van der Waals surface area (Å²) in [5, 5.41) is 25.5. The SMILES string of the molecule is OB(O)OB(O)Oc1ccccc1. The Balaban J connectivity index is 2.41. The predicted octanol–water partition coefficient (Wildman–Crippen LogP) is -0.971. The van der Waals surface area contributed by atoms with E-state index in [9.17, 15) is 0 Å². The summed E-state index contributed by atoms with van der Waals surface area (Å²) in [6.07, 6.45) is 0. The lowest BCUT2D eigenvalue weighted by Gasteiger charge is -2.08. The molecule has 0 atom stereocenters. The van der Waals surface area contributed by atoms with Crippen LogP contribution in [0.5, 0.6) is 5.75 Å². The fourth-order valence-electron chi connectivity index (χ4n) is 0.747. The number of rotatable bonds is 4. The van der Waals surface area contributed by atoms with Crippen LogP contribution >= 0.6 is 0 Å². The smallest absolute Gasteiger partial charge is 0.513 e. The second kappa shape index (κ2) is 4.88. The summed E-state index contributed by atoms with van der Waals surface area (Å²) in [6, 6.07) is 8.38. The van der Waals surface area contributed by atoms with Crippen LogP contribution < -0.4 is 4.65 Å². The fourth-order valence-corrected chi connectivity index (χ4v) is 0.747. The van der Waals surface area contributed by atoms with Crippen molar-refractivity contribution in [1.82, 2.24) is 0 Å². The molecule has 0 aliphatic rings. The zero-order chi connectivity index (χ0) is 9.68. The molecule has 5 nitrogen and oxygen atoms in total. The van der Waals surface area contributed by atoms with Crippen molar-refractivity contribution >= 4 is 14.6 Å². The molecular formula is C6H8B2O5. The lowest BCUT2D eigenvalue weighted by atomic mass is 10.1. The molecule has 0 aliphatic carbocycles. The highest BCUT2D eigenvalue weighted by molar-refractivity contribution is 6.49. The van der Waals surface area contributed by atoms with Crippen LogP contribution in [0.15, 0.2) is 30.3 Å². The summed E-state index contributed by atoms with van der Waals surface area (Å²) in [7, 11) is -3.75. The average molecular weight is 182 g/mol. The average Bonchev–Trinajstić information content (AvgIpc) is 2.04. The Hall–Kier alpha value is -1.01. The Kier molecular flexibility index (Phi) is 3.78. The van der Waals surface area contributed by atoms with E-state index in [1.165, 1.54) is 0 Å². The van der Waals surface area contributed by atoms with Gasteiger partial charge in [0.05, 0.1) is 0 Å². The molecule has 1 rings (SSSR count). The van der Waals surface area contributed by atoms with E-state index < -0.39 is 14.6 Å². The number of hydrogen-bond donors (Lipinski definition) is 3. The maximum absolute atomic E-state index is 8.91. The van der Waals surface area contributed by atoms with E-state index in [2.05, 4.69) is 4.57 Å². The Bertz CT molecular complexity index is 242. The van der Waals surface area contributed by atoms with Crippen molar-refractivity contribution in [3.8, 4) is 5.75 Å². The van der Waals surface area contributed by atoms with Gasteiger partial charge in [0.15, 0.2) is 0 Å². The Morgan fingerprint density at radius 3 is 2.15 bits per heavy atom. The van der Waals surface area contributed by atoms with Gasteiger partial charge in [-0.3, -0.25) is 0 Å². The molecule has 0 aromatic heterocycles. The standard InChI is InChI=1S/C6H8B2O5/c9-7(10)13-8(11)12-6-4-2-1-3-5-6/h1-5,9-11H. The molecule has 1 aromatic rings. The van der Waals surface area contributed by atoms with Crippen LogP contribution in [-0.4, -0.2) is 29.7 Å². The topological polar surface area (TPSA) is 79.2 Å². The third-order valence-corrected chi connectivity index (χ3v) is 1.22. The lowest BCUT2D eigenvalue weighted by Crippen LogP contribution is -2.34. The van der Waals surface area contributed by atoms with Gasteiger partial charge in [-0.25, -0.2) is 0 Å². The van der Waals surface area contributed by atoms with E-state index in [0.29, 0.717) is 5.75 Å². The molecule has 0 saturated carbocycles. The first kappa shape index (κ1) is 10.1. The van der Waals surface area contributed by atoms with Gasteiger partial charge < -0.3 is 24.3 Å². The largest absolute Gasteiger partial charge is 0.698 e. The molecule has 1 aromatic carbocycles. The second-order valence-electron chi connectivity index (χ2n) is 2.20. The van der Waals surface area contributed by atoms with Crippen LogP contribution in [-0.2, 0) is 4.57 Å². The van der Waals surface area contributed by atoms with Crippen molar-refractivity contribution in [2.24, 2.45) is 0 Å². The van der Waals surface area contributed by atoms with E-state index in [0.717, 1.165) is 0 Å². The minimum absolute atomic E-state index is 0.371. The predicted molar refractivity (Wildman–Crippen MR) is 46.3 cm³/mol. The van der Waals surface area contributed by atoms with Crippen molar-refractivity contribution in [1.29, 1.82) is 0 Å². The summed E-state index contributed by atoms with van der Waals surface area (Å²) in [5.41, 5.74) is 0. The summed E-state index contributed by atoms with van der Waals surface area (Å²) >= 11 is 0. The molecule has 0 aliphatic heterocycles. The highest BCUT2D eigenvalue weighted by Gasteiger charge is 2.25. The molecule has 0 bridgehead atoms. The van der Waals surface area contributed by atoms with Gasteiger partial charge in [0.1, 0.15) is 5.75 Å². The Labute approximate surface area is 75.9 Å². The van der Waals surface area contributed by atoms with Crippen molar-refractivity contribution < 1.29 is 24.3 Å². The number of benzene rings is 1. The van der Waals surface area contributed by atoms with Gasteiger partial charge in [-0.2, -0.15) is 0 Å². The van der Waals surface area contributed by atoms with Crippen molar-refractivity contribution in [3.05, 3.63) is 30.3 Å². The van der Waals surface area contributed by atoms with Gasteiger partial charge in [-0.05, 0) is 12.1 Å². The van der Waals surface area contributed by atoms with Gasteiger partial charge >= 0.3 is 14.6 Å². The Morgan fingerprint density at radius 2 is 1.62 bits per heavy atom. The molecule has 13 heavy (non-hydrogen) atoms. The zero-order valence-corrected chi connectivity index (χ0v) is 6.70. The quantitative estimate of drug-likeness (QED) is 0.521. The van der Waals surface area contributed by atoms with Gasteiger partial charge in [-0.1, -0.05) is 18.2 Å². The van der Waals surface area contributed by atoms with Crippen LogP contribution in [0.4, 0.5) is 0 Å². The van der Waals surface area contributed by atoms with Crippen LogP contribution in [0.2, 0.25) is 0 Å². The third kappa shape index (κ3) is 3.95. The molecule has 0 amide bonds. The molecular weight excluding hydrogens is 174 g/mol. The molecule has 3 N–H and O–H groups in total. The fraction of sp³-hybridized carbons (Fsp3) is 0. The molecule has 0 fully saturated rings. The molecule has 0 radical (unpaired) electrons. The molecule has 0 heterocycles. The first-order valence-corrected chi connectivity index (χ1v) is 3.60. The van der Waals surface area contributed by atoms with E-state index >= 15 is 0 Å². The highest BCUT2D eigenvalue weighted by atomic mass is 16.7. The molecule has 68 valence electrons. The monoisotopic (exact) mass is 182 g/mol. The minimum atomic E-state index is -2.06. The maximum atomic E-state index is 8.91. The summed E-state index contributed by atoms with van der Waals surface area (Å²) in [6.45, 7) is 0. The van der Waals surface area contributed by atoms with Gasteiger partial charge in [0.25, 0.3) is 0 Å². The lowest BCUT2D eigenvalue weighted by molar-refractivity contribution is 0.219. The first-order chi connectivity index (χ1) is 6.18. The number of para-hydroxylation sites is 1. The van der Waals surface area contributed by atoms with Gasteiger partial charge in [0.2, 0.25) is 0 Å². The van der Waals surface area contributed by atoms with Crippen LogP contribution in [0.1, 0.15) is 0 Å². The summed E-state index contributed by atoms with van der Waals surface area (Å²) in [4.78, 5) is 0. The van der Waals surface area contributed by atoms with Crippen molar-refractivity contribution in [3.63, 3.8) is 0 Å². The van der Waals surface area contributed by atoms with Crippen molar-refractivity contribution in [2.45, 2.75) is 0 Å². The third-order valence-electron chi connectivity index (χ3n) is 1.22. The van der Waals surface area contributed by atoms with E-state index in [4.69, 9.17) is 19.7 Å².